The van der Waals surface area contributed by atoms with Gasteiger partial charge in [0.1, 0.15) is 5.82 Å². The maximum Gasteiger partial charge on any atom is 0.125 e. The second-order valence-corrected chi connectivity index (χ2v) is 4.26. The summed E-state index contributed by atoms with van der Waals surface area (Å²) in [5.74, 6) is -0.401. The molecule has 0 fully saturated rings. The smallest absolute Gasteiger partial charge is 0.125 e. The van der Waals surface area contributed by atoms with Crippen LogP contribution in [-0.4, -0.2) is 0 Å². The Morgan fingerprint density at radius 2 is 1.69 bits per heavy atom. The zero-order chi connectivity index (χ0) is 11.7. The van der Waals surface area contributed by atoms with Gasteiger partial charge in [0.05, 0.1) is 0 Å². The highest BCUT2D eigenvalue weighted by molar-refractivity contribution is 6.31. The summed E-state index contributed by atoms with van der Waals surface area (Å²) in [5.41, 5.74) is 7.62. The fourth-order valence-corrected chi connectivity index (χ4v) is 1.88. The molecule has 2 aromatic rings. The normalized spacial score (nSPS) is 10.4. The molecule has 0 unspecified atom stereocenters. The van der Waals surface area contributed by atoms with Gasteiger partial charge in [-0.2, -0.15) is 0 Å². The second-order valence-electron chi connectivity index (χ2n) is 3.39. The maximum absolute atomic E-state index is 13.2. The number of benzene rings is 2. The molecule has 2 N–H and O–H groups in total. The highest BCUT2D eigenvalue weighted by Crippen LogP contribution is 2.31. The van der Waals surface area contributed by atoms with Crippen molar-refractivity contribution in [2.24, 2.45) is 0 Å². The van der Waals surface area contributed by atoms with E-state index in [1.165, 1.54) is 12.1 Å². The molecule has 4 heteroatoms. The molecule has 82 valence electrons. The van der Waals surface area contributed by atoms with E-state index in [-0.39, 0.29) is 0 Å². The molecular weight excluding hydrogens is 248 g/mol. The van der Waals surface area contributed by atoms with Gasteiger partial charge in [0.25, 0.3) is 0 Å². The van der Waals surface area contributed by atoms with E-state index in [1.54, 1.807) is 24.3 Å². The van der Waals surface area contributed by atoms with E-state index in [0.29, 0.717) is 26.9 Å². The summed E-state index contributed by atoms with van der Waals surface area (Å²) in [5, 5.41) is 0.874. The van der Waals surface area contributed by atoms with Gasteiger partial charge in [-0.15, -0.1) is 0 Å². The van der Waals surface area contributed by atoms with Crippen LogP contribution in [0.15, 0.2) is 36.4 Å². The van der Waals surface area contributed by atoms with E-state index >= 15 is 0 Å². The minimum atomic E-state index is -0.401. The van der Waals surface area contributed by atoms with Crippen LogP contribution in [0.2, 0.25) is 10.0 Å². The molecule has 16 heavy (non-hydrogen) atoms. The Labute approximate surface area is 103 Å². The van der Waals surface area contributed by atoms with Crippen LogP contribution in [0.5, 0.6) is 0 Å². The van der Waals surface area contributed by atoms with Crippen LogP contribution in [-0.2, 0) is 0 Å². The number of nitrogens with two attached hydrogens (primary N) is 1. The molecule has 0 heterocycles. The van der Waals surface area contributed by atoms with Crippen LogP contribution in [0.1, 0.15) is 0 Å². The van der Waals surface area contributed by atoms with Crippen LogP contribution in [0.3, 0.4) is 0 Å². The van der Waals surface area contributed by atoms with Gasteiger partial charge in [-0.1, -0.05) is 23.2 Å². The number of rotatable bonds is 1. The van der Waals surface area contributed by atoms with Crippen LogP contribution >= 0.6 is 23.2 Å². The third-order valence-corrected chi connectivity index (χ3v) is 2.64. The number of halogens is 3. The van der Waals surface area contributed by atoms with E-state index in [9.17, 15) is 4.39 Å². The van der Waals surface area contributed by atoms with E-state index in [4.69, 9.17) is 28.9 Å². The van der Waals surface area contributed by atoms with Crippen LogP contribution in [0, 0.1) is 5.82 Å². The Bertz CT molecular complexity index is 520. The molecule has 0 aromatic heterocycles. The SMILES string of the molecule is Nc1ccc(Cl)cc1-c1cc(F)cc(Cl)c1. The molecular formula is C12H8Cl2FN. The molecule has 0 spiro atoms. The quantitative estimate of drug-likeness (QED) is 0.752. The lowest BCUT2D eigenvalue weighted by Gasteiger charge is -2.07. The van der Waals surface area contributed by atoms with Crippen LogP contribution in [0.25, 0.3) is 11.1 Å². The first kappa shape index (κ1) is 11.2. The molecule has 2 rings (SSSR count). The molecule has 1 nitrogen and oxygen atoms in total. The van der Waals surface area contributed by atoms with Crippen LogP contribution in [0.4, 0.5) is 10.1 Å². The second kappa shape index (κ2) is 4.32. The van der Waals surface area contributed by atoms with Crippen molar-refractivity contribution >= 4 is 28.9 Å². The average molecular weight is 256 g/mol. The minimum absolute atomic E-state index is 0.328. The number of hydrogen-bond acceptors (Lipinski definition) is 1. The van der Waals surface area contributed by atoms with Gasteiger partial charge in [0.15, 0.2) is 0 Å². The van der Waals surface area contributed by atoms with E-state index in [2.05, 4.69) is 0 Å². The molecule has 0 aliphatic rings. The topological polar surface area (TPSA) is 26.0 Å². The molecule has 0 amide bonds. The van der Waals surface area contributed by atoms with E-state index in [0.717, 1.165) is 0 Å². The molecule has 0 atom stereocenters. The first-order valence-electron chi connectivity index (χ1n) is 4.58. The largest absolute Gasteiger partial charge is 0.398 e. The van der Waals surface area contributed by atoms with Gasteiger partial charge >= 0.3 is 0 Å². The lowest BCUT2D eigenvalue weighted by molar-refractivity contribution is 0.628. The van der Waals surface area contributed by atoms with E-state index in [1.807, 2.05) is 0 Å². The highest BCUT2D eigenvalue weighted by Gasteiger charge is 2.06. The van der Waals surface area contributed by atoms with Crippen LogP contribution < -0.4 is 5.73 Å². The minimum Gasteiger partial charge on any atom is -0.398 e. The van der Waals surface area contributed by atoms with Crippen molar-refractivity contribution in [3.63, 3.8) is 0 Å². The average Bonchev–Trinajstić information content (AvgIpc) is 2.20. The lowest BCUT2D eigenvalue weighted by Crippen LogP contribution is -1.90. The predicted molar refractivity (Wildman–Crippen MR) is 66.3 cm³/mol. The van der Waals surface area contributed by atoms with Gasteiger partial charge < -0.3 is 5.73 Å². The molecule has 2 aromatic carbocycles. The lowest BCUT2D eigenvalue weighted by atomic mass is 10.0. The third kappa shape index (κ3) is 2.29. The fraction of sp³-hybridized carbons (Fsp3) is 0. The maximum atomic E-state index is 13.2. The monoisotopic (exact) mass is 255 g/mol. The third-order valence-electron chi connectivity index (χ3n) is 2.19. The first-order chi connectivity index (χ1) is 7.56. The summed E-state index contributed by atoms with van der Waals surface area (Å²) in [6.07, 6.45) is 0. The fourth-order valence-electron chi connectivity index (χ4n) is 1.49. The Morgan fingerprint density at radius 1 is 0.938 bits per heavy atom. The Morgan fingerprint density at radius 3 is 2.38 bits per heavy atom. The summed E-state index contributed by atoms with van der Waals surface area (Å²) >= 11 is 11.6. The Balaban J connectivity index is 2.62. The van der Waals surface area contributed by atoms with Crippen molar-refractivity contribution < 1.29 is 4.39 Å². The van der Waals surface area contributed by atoms with E-state index < -0.39 is 5.82 Å². The number of nitrogen functional groups attached to an aromatic ring is 1. The van der Waals surface area contributed by atoms with Crippen molar-refractivity contribution in [3.05, 3.63) is 52.3 Å². The highest BCUT2D eigenvalue weighted by atomic mass is 35.5. The Kier molecular flexibility index (Phi) is 3.03. The van der Waals surface area contributed by atoms with Crippen molar-refractivity contribution in [2.75, 3.05) is 5.73 Å². The summed E-state index contributed by atoms with van der Waals surface area (Å²) in [6.45, 7) is 0. The van der Waals surface area contributed by atoms with Gasteiger partial charge in [0.2, 0.25) is 0 Å². The van der Waals surface area contributed by atoms with Crippen molar-refractivity contribution in [3.8, 4) is 11.1 Å². The van der Waals surface area contributed by atoms with Gasteiger partial charge in [-0.25, -0.2) is 4.39 Å². The summed E-state index contributed by atoms with van der Waals surface area (Å²) < 4.78 is 13.2. The summed E-state index contributed by atoms with van der Waals surface area (Å²) in [6, 6.07) is 9.30. The zero-order valence-corrected chi connectivity index (χ0v) is 9.69. The Hall–Kier alpha value is -1.25. The van der Waals surface area contributed by atoms with Gasteiger partial charge in [-0.3, -0.25) is 0 Å². The summed E-state index contributed by atoms with van der Waals surface area (Å²) in [7, 11) is 0. The van der Waals surface area contributed by atoms with Crippen molar-refractivity contribution in [1.82, 2.24) is 0 Å². The molecule has 0 aliphatic heterocycles. The molecule has 0 bridgehead atoms. The van der Waals surface area contributed by atoms with Gasteiger partial charge in [0, 0.05) is 21.3 Å². The number of anilines is 1. The predicted octanol–water partition coefficient (Wildman–Crippen LogP) is 4.38. The van der Waals surface area contributed by atoms with Gasteiger partial charge in [-0.05, 0) is 42.0 Å². The molecule has 0 radical (unpaired) electrons. The summed E-state index contributed by atoms with van der Waals surface area (Å²) in [4.78, 5) is 0. The molecule has 0 aliphatic carbocycles. The molecule has 0 saturated carbocycles. The first-order valence-corrected chi connectivity index (χ1v) is 5.33. The molecule has 0 saturated heterocycles. The number of hydrogen-bond donors (Lipinski definition) is 1. The van der Waals surface area contributed by atoms with Crippen molar-refractivity contribution in [1.29, 1.82) is 0 Å². The van der Waals surface area contributed by atoms with Crippen molar-refractivity contribution in [2.45, 2.75) is 0 Å². The zero-order valence-electron chi connectivity index (χ0n) is 8.18. The standard InChI is InChI=1S/C12H8Cl2FN/c13-8-1-2-12(16)11(6-8)7-3-9(14)5-10(15)4-7/h1-6H,16H2.